The second kappa shape index (κ2) is 5.51. The van der Waals surface area contributed by atoms with Crippen LogP contribution in [-0.4, -0.2) is 31.4 Å². The Hall–Kier alpha value is -1.35. The number of nitrogens with one attached hydrogen (secondary N) is 1. The summed E-state index contributed by atoms with van der Waals surface area (Å²) in [5, 5.41) is 2.95. The van der Waals surface area contributed by atoms with Crippen molar-refractivity contribution in [2.24, 2.45) is 0 Å². The summed E-state index contributed by atoms with van der Waals surface area (Å²) in [6.45, 7) is 2.36. The quantitative estimate of drug-likeness (QED) is 0.808. The highest BCUT2D eigenvalue weighted by atomic mass is 16.1. The van der Waals surface area contributed by atoms with Gasteiger partial charge in [0.25, 0.3) is 0 Å². The summed E-state index contributed by atoms with van der Waals surface area (Å²) in [4.78, 5) is 13.1. The van der Waals surface area contributed by atoms with Crippen molar-refractivity contribution in [1.29, 1.82) is 0 Å². The van der Waals surface area contributed by atoms with Crippen LogP contribution in [-0.2, 0) is 4.79 Å². The van der Waals surface area contributed by atoms with Crippen LogP contribution in [0.3, 0.4) is 0 Å². The first-order chi connectivity index (χ1) is 7.09. The van der Waals surface area contributed by atoms with Gasteiger partial charge in [-0.05, 0) is 19.7 Å². The van der Waals surface area contributed by atoms with Crippen LogP contribution < -0.4 is 5.32 Å². The monoisotopic (exact) mass is 206 g/mol. The standard InChI is InChI=1S/C12H18N2O/c1-10(15)13-12(9-14(2)3)11-7-5-4-6-8-11/h4-8,12H,9H2,1-3H3,(H,13,15)/t12-/m1/s1. The molecule has 1 N–H and O–H groups in total. The SMILES string of the molecule is CC(=O)N[C@H](CN(C)C)c1ccccc1. The van der Waals surface area contributed by atoms with Crippen molar-refractivity contribution < 1.29 is 4.79 Å². The summed E-state index contributed by atoms with van der Waals surface area (Å²) in [5.41, 5.74) is 1.14. The van der Waals surface area contributed by atoms with Gasteiger partial charge in [0, 0.05) is 13.5 Å². The molecule has 82 valence electrons. The first kappa shape index (κ1) is 11.7. The molecule has 15 heavy (non-hydrogen) atoms. The zero-order valence-corrected chi connectivity index (χ0v) is 9.53. The molecular formula is C12H18N2O. The lowest BCUT2D eigenvalue weighted by molar-refractivity contribution is -0.119. The molecule has 0 aromatic heterocycles. The zero-order valence-electron chi connectivity index (χ0n) is 9.53. The fourth-order valence-electron chi connectivity index (χ4n) is 1.53. The van der Waals surface area contributed by atoms with Crippen LogP contribution in [0.4, 0.5) is 0 Å². The van der Waals surface area contributed by atoms with Crippen LogP contribution >= 0.6 is 0 Å². The first-order valence-electron chi connectivity index (χ1n) is 5.06. The number of amides is 1. The molecule has 1 amide bonds. The smallest absolute Gasteiger partial charge is 0.217 e. The number of likely N-dealkylation sites (N-methyl/N-ethyl adjacent to an activating group) is 1. The Kier molecular flexibility index (Phi) is 4.31. The molecule has 0 saturated carbocycles. The van der Waals surface area contributed by atoms with E-state index in [1.54, 1.807) is 6.92 Å². The molecule has 1 atom stereocenters. The number of rotatable bonds is 4. The van der Waals surface area contributed by atoms with E-state index in [0.717, 1.165) is 12.1 Å². The zero-order chi connectivity index (χ0) is 11.3. The summed E-state index contributed by atoms with van der Waals surface area (Å²) in [5.74, 6) is 0.00528. The number of hydrogen-bond acceptors (Lipinski definition) is 2. The van der Waals surface area contributed by atoms with Crippen molar-refractivity contribution in [3.8, 4) is 0 Å². The van der Waals surface area contributed by atoms with E-state index in [0.29, 0.717) is 0 Å². The molecule has 0 aliphatic heterocycles. The lowest BCUT2D eigenvalue weighted by atomic mass is 10.1. The third kappa shape index (κ3) is 4.13. The largest absolute Gasteiger partial charge is 0.348 e. The molecule has 0 saturated heterocycles. The highest BCUT2D eigenvalue weighted by molar-refractivity contribution is 5.73. The van der Waals surface area contributed by atoms with Crippen molar-refractivity contribution in [3.63, 3.8) is 0 Å². The van der Waals surface area contributed by atoms with Crippen LogP contribution in [0.5, 0.6) is 0 Å². The Labute approximate surface area is 91.1 Å². The van der Waals surface area contributed by atoms with Crippen LogP contribution in [0.1, 0.15) is 18.5 Å². The minimum Gasteiger partial charge on any atom is -0.348 e. The molecule has 0 heterocycles. The van der Waals surface area contributed by atoms with Gasteiger partial charge in [-0.25, -0.2) is 0 Å². The number of carbonyl (C=O) groups is 1. The van der Waals surface area contributed by atoms with E-state index in [1.165, 1.54) is 0 Å². The van der Waals surface area contributed by atoms with Gasteiger partial charge in [-0.3, -0.25) is 4.79 Å². The highest BCUT2D eigenvalue weighted by Crippen LogP contribution is 2.12. The second-order valence-electron chi connectivity index (χ2n) is 3.93. The normalized spacial score (nSPS) is 12.5. The molecule has 3 nitrogen and oxygen atoms in total. The van der Waals surface area contributed by atoms with Gasteiger partial charge in [0.05, 0.1) is 6.04 Å². The van der Waals surface area contributed by atoms with Crippen LogP contribution in [0.2, 0.25) is 0 Å². The van der Waals surface area contributed by atoms with E-state index in [2.05, 4.69) is 10.2 Å². The third-order valence-electron chi connectivity index (χ3n) is 2.13. The van der Waals surface area contributed by atoms with E-state index in [9.17, 15) is 4.79 Å². The van der Waals surface area contributed by atoms with Gasteiger partial charge in [0.2, 0.25) is 5.91 Å². The van der Waals surface area contributed by atoms with Gasteiger partial charge in [-0.15, -0.1) is 0 Å². The maximum atomic E-state index is 11.1. The molecule has 0 unspecified atom stereocenters. The van der Waals surface area contributed by atoms with E-state index in [1.807, 2.05) is 44.4 Å². The summed E-state index contributed by atoms with van der Waals surface area (Å²) in [6.07, 6.45) is 0. The fraction of sp³-hybridized carbons (Fsp3) is 0.417. The van der Waals surface area contributed by atoms with Gasteiger partial charge >= 0.3 is 0 Å². The number of nitrogens with zero attached hydrogens (tertiary/aromatic N) is 1. The third-order valence-corrected chi connectivity index (χ3v) is 2.13. The molecule has 1 aromatic rings. The molecular weight excluding hydrogens is 188 g/mol. The van der Waals surface area contributed by atoms with E-state index in [4.69, 9.17) is 0 Å². The summed E-state index contributed by atoms with van der Waals surface area (Å²) in [6, 6.07) is 10.1. The molecule has 0 bridgehead atoms. The second-order valence-corrected chi connectivity index (χ2v) is 3.93. The van der Waals surface area contributed by atoms with Gasteiger partial charge in [-0.2, -0.15) is 0 Å². The van der Waals surface area contributed by atoms with Gasteiger partial charge in [-0.1, -0.05) is 30.3 Å². The molecule has 0 fully saturated rings. The lowest BCUT2D eigenvalue weighted by Gasteiger charge is -2.22. The van der Waals surface area contributed by atoms with Crippen molar-refractivity contribution in [3.05, 3.63) is 35.9 Å². The minimum atomic E-state index is 0.00528. The number of benzene rings is 1. The highest BCUT2D eigenvalue weighted by Gasteiger charge is 2.12. The first-order valence-corrected chi connectivity index (χ1v) is 5.06. The maximum Gasteiger partial charge on any atom is 0.217 e. The summed E-state index contributed by atoms with van der Waals surface area (Å²) in [7, 11) is 4.00. The van der Waals surface area contributed by atoms with Gasteiger partial charge < -0.3 is 10.2 Å². The van der Waals surface area contributed by atoms with Crippen LogP contribution in [0.15, 0.2) is 30.3 Å². The summed E-state index contributed by atoms with van der Waals surface area (Å²) >= 11 is 0. The van der Waals surface area contributed by atoms with Gasteiger partial charge in [0.1, 0.15) is 0 Å². The van der Waals surface area contributed by atoms with Crippen molar-refractivity contribution in [2.45, 2.75) is 13.0 Å². The fourth-order valence-corrected chi connectivity index (χ4v) is 1.53. The molecule has 0 aliphatic carbocycles. The van der Waals surface area contributed by atoms with E-state index >= 15 is 0 Å². The van der Waals surface area contributed by atoms with Crippen molar-refractivity contribution >= 4 is 5.91 Å². The Balaban J connectivity index is 2.76. The molecule has 0 spiro atoms. The number of carbonyl (C=O) groups excluding carboxylic acids is 1. The number of hydrogen-bond donors (Lipinski definition) is 1. The summed E-state index contributed by atoms with van der Waals surface area (Å²) < 4.78 is 0. The molecule has 0 aliphatic rings. The van der Waals surface area contributed by atoms with E-state index < -0.39 is 0 Å². The van der Waals surface area contributed by atoms with Crippen molar-refractivity contribution in [1.82, 2.24) is 10.2 Å². The van der Waals surface area contributed by atoms with Crippen LogP contribution in [0.25, 0.3) is 0 Å². The minimum absolute atomic E-state index is 0.00528. The van der Waals surface area contributed by atoms with Gasteiger partial charge in [0.15, 0.2) is 0 Å². The molecule has 1 rings (SSSR count). The predicted molar refractivity (Wildman–Crippen MR) is 61.6 cm³/mol. The lowest BCUT2D eigenvalue weighted by Crippen LogP contribution is -2.33. The Morgan fingerprint density at radius 3 is 2.40 bits per heavy atom. The average Bonchev–Trinajstić information content (AvgIpc) is 2.17. The molecule has 3 heteroatoms. The average molecular weight is 206 g/mol. The predicted octanol–water partition coefficient (Wildman–Crippen LogP) is 1.43. The molecule has 1 aromatic carbocycles. The molecule has 0 radical (unpaired) electrons. The maximum absolute atomic E-state index is 11.1. The van der Waals surface area contributed by atoms with Crippen molar-refractivity contribution in [2.75, 3.05) is 20.6 Å². The van der Waals surface area contributed by atoms with E-state index in [-0.39, 0.29) is 11.9 Å². The Morgan fingerprint density at radius 2 is 1.93 bits per heavy atom. The Morgan fingerprint density at radius 1 is 1.33 bits per heavy atom. The Bertz CT molecular complexity index is 309. The van der Waals surface area contributed by atoms with Crippen LogP contribution in [0, 0.1) is 0 Å². The topological polar surface area (TPSA) is 32.3 Å².